The van der Waals surface area contributed by atoms with E-state index in [-0.39, 0.29) is 18.4 Å². The molecule has 1 aliphatic carbocycles. The predicted molar refractivity (Wildman–Crippen MR) is 92.9 cm³/mol. The van der Waals surface area contributed by atoms with Crippen molar-refractivity contribution in [2.24, 2.45) is 17.6 Å². The van der Waals surface area contributed by atoms with Gasteiger partial charge in [-0.15, -0.1) is 0 Å². The van der Waals surface area contributed by atoms with Gasteiger partial charge in [-0.1, -0.05) is 18.6 Å². The van der Waals surface area contributed by atoms with Crippen LogP contribution in [0.3, 0.4) is 0 Å². The lowest BCUT2D eigenvalue weighted by Crippen LogP contribution is -2.35. The standard InChI is InChI=1S/C18H23N3O5/c19-15(22)10-21-16(23)12-6-4-11(5-7-12)9-20-17(24)13-2-1-3-14(8-13)18(25)26/h4-7,13-14H,1-3,8-10H2,(H2,19,22)(H,20,24)(H,21,23)(H,25,26). The van der Waals surface area contributed by atoms with E-state index in [1.807, 2.05) is 0 Å². The fourth-order valence-corrected chi connectivity index (χ4v) is 3.03. The summed E-state index contributed by atoms with van der Waals surface area (Å²) in [6.45, 7) is 0.0750. The summed E-state index contributed by atoms with van der Waals surface area (Å²) in [5.41, 5.74) is 6.17. The van der Waals surface area contributed by atoms with E-state index >= 15 is 0 Å². The summed E-state index contributed by atoms with van der Waals surface area (Å²) in [7, 11) is 0. The first-order valence-electron chi connectivity index (χ1n) is 8.52. The van der Waals surface area contributed by atoms with E-state index in [1.54, 1.807) is 24.3 Å². The van der Waals surface area contributed by atoms with Crippen molar-refractivity contribution in [3.8, 4) is 0 Å². The highest BCUT2D eigenvalue weighted by Gasteiger charge is 2.30. The van der Waals surface area contributed by atoms with E-state index in [1.165, 1.54) is 0 Å². The number of carboxylic acid groups (broad SMARTS) is 1. The molecule has 0 heterocycles. The van der Waals surface area contributed by atoms with Gasteiger partial charge in [0.25, 0.3) is 5.91 Å². The Labute approximate surface area is 151 Å². The van der Waals surface area contributed by atoms with Crippen LogP contribution in [0.15, 0.2) is 24.3 Å². The maximum atomic E-state index is 12.3. The molecule has 26 heavy (non-hydrogen) atoms. The number of hydrogen-bond donors (Lipinski definition) is 4. The van der Waals surface area contributed by atoms with Gasteiger partial charge in [-0.3, -0.25) is 19.2 Å². The Morgan fingerprint density at radius 1 is 1.04 bits per heavy atom. The largest absolute Gasteiger partial charge is 0.481 e. The van der Waals surface area contributed by atoms with Crippen molar-refractivity contribution in [3.05, 3.63) is 35.4 Å². The highest BCUT2D eigenvalue weighted by Crippen LogP contribution is 2.29. The van der Waals surface area contributed by atoms with Gasteiger partial charge >= 0.3 is 5.97 Å². The van der Waals surface area contributed by atoms with Crippen molar-refractivity contribution >= 4 is 23.7 Å². The van der Waals surface area contributed by atoms with Crippen LogP contribution >= 0.6 is 0 Å². The van der Waals surface area contributed by atoms with Crippen LogP contribution in [0.25, 0.3) is 0 Å². The summed E-state index contributed by atoms with van der Waals surface area (Å²) < 4.78 is 0. The van der Waals surface area contributed by atoms with E-state index < -0.39 is 23.7 Å². The van der Waals surface area contributed by atoms with Gasteiger partial charge in [-0.2, -0.15) is 0 Å². The maximum absolute atomic E-state index is 12.3. The predicted octanol–water partition coefficient (Wildman–Crippen LogP) is 0.409. The Bertz CT molecular complexity index is 687. The van der Waals surface area contributed by atoms with Gasteiger partial charge in [-0.05, 0) is 37.0 Å². The zero-order chi connectivity index (χ0) is 19.1. The molecule has 1 fully saturated rings. The van der Waals surface area contributed by atoms with Crippen LogP contribution in [0.1, 0.15) is 41.6 Å². The molecule has 0 aromatic heterocycles. The molecule has 0 saturated heterocycles. The van der Waals surface area contributed by atoms with Crippen LogP contribution in [0.2, 0.25) is 0 Å². The fraction of sp³-hybridized carbons (Fsp3) is 0.444. The summed E-state index contributed by atoms with van der Waals surface area (Å²) in [5, 5.41) is 14.3. The molecular formula is C18H23N3O5. The van der Waals surface area contributed by atoms with E-state index in [0.29, 0.717) is 31.4 Å². The molecule has 5 N–H and O–H groups in total. The van der Waals surface area contributed by atoms with Crippen molar-refractivity contribution < 1.29 is 24.3 Å². The molecule has 1 saturated carbocycles. The highest BCUT2D eigenvalue weighted by atomic mass is 16.4. The maximum Gasteiger partial charge on any atom is 0.306 e. The molecule has 0 radical (unpaired) electrons. The number of nitrogens with two attached hydrogens (primary N) is 1. The Morgan fingerprint density at radius 2 is 1.69 bits per heavy atom. The van der Waals surface area contributed by atoms with Crippen LogP contribution in [0.4, 0.5) is 0 Å². The summed E-state index contributed by atoms with van der Waals surface area (Å²) >= 11 is 0. The van der Waals surface area contributed by atoms with Crippen LogP contribution < -0.4 is 16.4 Å². The third kappa shape index (κ3) is 5.58. The Morgan fingerprint density at radius 3 is 2.31 bits per heavy atom. The average molecular weight is 361 g/mol. The number of carbonyl (C=O) groups excluding carboxylic acids is 3. The summed E-state index contributed by atoms with van der Waals surface area (Å²) in [5.74, 6) is -2.72. The third-order valence-electron chi connectivity index (χ3n) is 4.50. The minimum Gasteiger partial charge on any atom is -0.481 e. The number of carbonyl (C=O) groups is 4. The molecule has 0 spiro atoms. The van der Waals surface area contributed by atoms with Crippen molar-refractivity contribution in [2.45, 2.75) is 32.2 Å². The second-order valence-electron chi connectivity index (χ2n) is 6.46. The Balaban J connectivity index is 1.83. The summed E-state index contributed by atoms with van der Waals surface area (Å²) in [4.78, 5) is 45.8. The molecule has 0 bridgehead atoms. The van der Waals surface area contributed by atoms with Gasteiger partial charge in [0.2, 0.25) is 11.8 Å². The first-order chi connectivity index (χ1) is 12.4. The van der Waals surface area contributed by atoms with E-state index in [9.17, 15) is 19.2 Å². The number of primary amides is 1. The fourth-order valence-electron chi connectivity index (χ4n) is 3.03. The van der Waals surface area contributed by atoms with Crippen LogP contribution in [-0.2, 0) is 20.9 Å². The first-order valence-corrected chi connectivity index (χ1v) is 8.52. The van der Waals surface area contributed by atoms with Crippen molar-refractivity contribution in [1.82, 2.24) is 10.6 Å². The number of carboxylic acids is 1. The molecule has 2 atom stereocenters. The van der Waals surface area contributed by atoms with Crippen LogP contribution in [0, 0.1) is 11.8 Å². The van der Waals surface area contributed by atoms with Crippen molar-refractivity contribution in [1.29, 1.82) is 0 Å². The van der Waals surface area contributed by atoms with E-state index in [2.05, 4.69) is 10.6 Å². The molecular weight excluding hydrogens is 338 g/mol. The number of benzene rings is 1. The zero-order valence-electron chi connectivity index (χ0n) is 14.4. The lowest BCUT2D eigenvalue weighted by atomic mass is 9.81. The van der Waals surface area contributed by atoms with Crippen LogP contribution in [-0.4, -0.2) is 35.3 Å². The number of rotatable bonds is 7. The van der Waals surface area contributed by atoms with E-state index in [4.69, 9.17) is 10.8 Å². The molecule has 8 nitrogen and oxygen atoms in total. The normalized spacial score (nSPS) is 19.4. The number of nitrogens with one attached hydrogen (secondary N) is 2. The molecule has 2 rings (SSSR count). The second kappa shape index (κ2) is 8.98. The van der Waals surface area contributed by atoms with Gasteiger partial charge in [0.1, 0.15) is 0 Å². The highest BCUT2D eigenvalue weighted by molar-refractivity contribution is 5.96. The van der Waals surface area contributed by atoms with Gasteiger partial charge in [0.05, 0.1) is 12.5 Å². The Hall–Kier alpha value is -2.90. The minimum absolute atomic E-state index is 0.140. The topological polar surface area (TPSA) is 139 Å². The van der Waals surface area contributed by atoms with Crippen molar-refractivity contribution in [2.75, 3.05) is 6.54 Å². The monoisotopic (exact) mass is 361 g/mol. The lowest BCUT2D eigenvalue weighted by molar-refractivity contribution is -0.144. The van der Waals surface area contributed by atoms with E-state index in [0.717, 1.165) is 12.0 Å². The molecule has 1 aromatic rings. The first kappa shape index (κ1) is 19.4. The van der Waals surface area contributed by atoms with Gasteiger partial charge in [0.15, 0.2) is 0 Å². The molecule has 1 aliphatic rings. The minimum atomic E-state index is -0.840. The van der Waals surface area contributed by atoms with Crippen LogP contribution in [0.5, 0.6) is 0 Å². The lowest BCUT2D eigenvalue weighted by Gasteiger charge is -2.25. The number of hydrogen-bond acceptors (Lipinski definition) is 4. The average Bonchev–Trinajstić information content (AvgIpc) is 2.64. The molecule has 0 aliphatic heterocycles. The molecule has 3 amide bonds. The van der Waals surface area contributed by atoms with Gasteiger partial charge < -0.3 is 21.5 Å². The van der Waals surface area contributed by atoms with Crippen molar-refractivity contribution in [3.63, 3.8) is 0 Å². The SMILES string of the molecule is NC(=O)CNC(=O)c1ccc(CNC(=O)C2CCCC(C(=O)O)C2)cc1. The smallest absolute Gasteiger partial charge is 0.306 e. The number of aliphatic carboxylic acids is 1. The second-order valence-corrected chi connectivity index (χ2v) is 6.46. The zero-order valence-corrected chi connectivity index (χ0v) is 14.4. The van der Waals surface area contributed by atoms with Gasteiger partial charge in [0, 0.05) is 18.0 Å². The third-order valence-corrected chi connectivity index (χ3v) is 4.50. The number of amides is 3. The van der Waals surface area contributed by atoms with Gasteiger partial charge in [-0.25, -0.2) is 0 Å². The summed E-state index contributed by atoms with van der Waals surface area (Å²) in [6, 6.07) is 6.61. The quantitative estimate of drug-likeness (QED) is 0.557. The molecule has 1 aromatic carbocycles. The summed E-state index contributed by atoms with van der Waals surface area (Å²) in [6.07, 6.45) is 2.44. The molecule has 2 unspecified atom stereocenters. The molecule has 8 heteroatoms. The Kier molecular flexibility index (Phi) is 6.71. The molecule has 140 valence electrons.